The van der Waals surface area contributed by atoms with Crippen LogP contribution in [0.5, 0.6) is 0 Å². The van der Waals surface area contributed by atoms with Crippen molar-refractivity contribution in [2.75, 3.05) is 13.6 Å². The van der Waals surface area contributed by atoms with Gasteiger partial charge in [0.1, 0.15) is 0 Å². The van der Waals surface area contributed by atoms with Crippen LogP contribution in [0.3, 0.4) is 0 Å². The fourth-order valence-electron chi connectivity index (χ4n) is 2.24. The van der Waals surface area contributed by atoms with Gasteiger partial charge in [-0.25, -0.2) is 4.79 Å². The lowest BCUT2D eigenvalue weighted by Crippen LogP contribution is -2.43. The SMILES string of the molecule is CC1CN(C)C(C)CC1=NOC(=O)c1ccc(Br)cc1. The second-order valence-corrected chi connectivity index (χ2v) is 6.28. The number of nitrogens with zero attached hydrogens (tertiary/aromatic N) is 2. The van der Waals surface area contributed by atoms with E-state index >= 15 is 0 Å². The fourth-order valence-corrected chi connectivity index (χ4v) is 2.51. The molecule has 0 spiro atoms. The first-order valence-electron chi connectivity index (χ1n) is 6.71. The topological polar surface area (TPSA) is 41.9 Å². The second-order valence-electron chi connectivity index (χ2n) is 5.36. The highest BCUT2D eigenvalue weighted by molar-refractivity contribution is 9.10. The van der Waals surface area contributed by atoms with E-state index in [4.69, 9.17) is 4.84 Å². The Bertz CT molecular complexity index is 513. The van der Waals surface area contributed by atoms with E-state index in [1.807, 2.05) is 12.1 Å². The summed E-state index contributed by atoms with van der Waals surface area (Å²) in [7, 11) is 2.10. The molecule has 2 rings (SSSR count). The molecule has 5 heteroatoms. The van der Waals surface area contributed by atoms with Gasteiger partial charge in [-0.05, 0) is 38.2 Å². The van der Waals surface area contributed by atoms with Crippen LogP contribution in [-0.4, -0.2) is 36.2 Å². The number of likely N-dealkylation sites (tertiary alicyclic amines) is 1. The van der Waals surface area contributed by atoms with E-state index in [2.05, 4.69) is 46.9 Å². The molecule has 20 heavy (non-hydrogen) atoms. The summed E-state index contributed by atoms with van der Waals surface area (Å²) in [6.45, 7) is 5.20. The van der Waals surface area contributed by atoms with Crippen molar-refractivity contribution in [2.45, 2.75) is 26.3 Å². The van der Waals surface area contributed by atoms with Crippen molar-refractivity contribution in [1.29, 1.82) is 0 Å². The summed E-state index contributed by atoms with van der Waals surface area (Å²) >= 11 is 3.33. The Hall–Kier alpha value is -1.20. The van der Waals surface area contributed by atoms with E-state index in [0.717, 1.165) is 23.1 Å². The number of carbonyl (C=O) groups excluding carboxylic acids is 1. The van der Waals surface area contributed by atoms with Gasteiger partial charge < -0.3 is 9.74 Å². The third-order valence-corrected chi connectivity index (χ3v) is 4.24. The van der Waals surface area contributed by atoms with Gasteiger partial charge in [0.25, 0.3) is 0 Å². The summed E-state index contributed by atoms with van der Waals surface area (Å²) in [5.74, 6) is -0.0994. The summed E-state index contributed by atoms with van der Waals surface area (Å²) in [5, 5.41) is 4.08. The Morgan fingerprint density at radius 3 is 2.65 bits per heavy atom. The van der Waals surface area contributed by atoms with Gasteiger partial charge in [0.05, 0.1) is 11.3 Å². The van der Waals surface area contributed by atoms with Crippen LogP contribution in [0.2, 0.25) is 0 Å². The van der Waals surface area contributed by atoms with Crippen LogP contribution in [0.25, 0.3) is 0 Å². The maximum Gasteiger partial charge on any atom is 0.365 e. The molecular weight excluding hydrogens is 320 g/mol. The number of halogens is 1. The molecule has 0 amide bonds. The van der Waals surface area contributed by atoms with Gasteiger partial charge in [0.15, 0.2) is 0 Å². The summed E-state index contributed by atoms with van der Waals surface area (Å²) in [6, 6.07) is 7.48. The lowest BCUT2D eigenvalue weighted by Gasteiger charge is -2.34. The van der Waals surface area contributed by atoms with Crippen molar-refractivity contribution >= 4 is 27.6 Å². The van der Waals surface area contributed by atoms with Crippen LogP contribution in [0.4, 0.5) is 0 Å². The van der Waals surface area contributed by atoms with Crippen molar-refractivity contribution in [3.8, 4) is 0 Å². The first-order valence-corrected chi connectivity index (χ1v) is 7.50. The average molecular weight is 339 g/mol. The predicted molar refractivity (Wildman–Crippen MR) is 82.9 cm³/mol. The van der Waals surface area contributed by atoms with Gasteiger partial charge in [0, 0.05) is 29.4 Å². The molecule has 1 saturated heterocycles. The Morgan fingerprint density at radius 2 is 2.00 bits per heavy atom. The van der Waals surface area contributed by atoms with Crippen LogP contribution >= 0.6 is 15.9 Å². The molecule has 1 heterocycles. The molecule has 1 aromatic rings. The summed E-state index contributed by atoms with van der Waals surface area (Å²) in [6.07, 6.45) is 0.839. The van der Waals surface area contributed by atoms with Gasteiger partial charge >= 0.3 is 5.97 Å². The highest BCUT2D eigenvalue weighted by Gasteiger charge is 2.26. The van der Waals surface area contributed by atoms with E-state index < -0.39 is 5.97 Å². The van der Waals surface area contributed by atoms with Crippen molar-refractivity contribution in [3.05, 3.63) is 34.3 Å². The van der Waals surface area contributed by atoms with Crippen LogP contribution in [0.15, 0.2) is 33.9 Å². The number of piperidine rings is 1. The molecule has 1 aromatic carbocycles. The van der Waals surface area contributed by atoms with Crippen LogP contribution < -0.4 is 0 Å². The summed E-state index contributed by atoms with van der Waals surface area (Å²) in [4.78, 5) is 19.3. The molecule has 2 unspecified atom stereocenters. The maximum atomic E-state index is 11.9. The molecule has 1 aliphatic heterocycles. The Balaban J connectivity index is 2.01. The highest BCUT2D eigenvalue weighted by atomic mass is 79.9. The molecule has 1 fully saturated rings. The average Bonchev–Trinajstić information content (AvgIpc) is 2.42. The minimum Gasteiger partial charge on any atom is -0.313 e. The van der Waals surface area contributed by atoms with Gasteiger partial charge in [-0.2, -0.15) is 0 Å². The van der Waals surface area contributed by atoms with Crippen molar-refractivity contribution in [3.63, 3.8) is 0 Å². The maximum absolute atomic E-state index is 11.9. The normalized spacial score (nSPS) is 25.7. The van der Waals surface area contributed by atoms with Crippen molar-refractivity contribution < 1.29 is 9.63 Å². The number of benzene rings is 1. The molecule has 0 bridgehead atoms. The monoisotopic (exact) mass is 338 g/mol. The van der Waals surface area contributed by atoms with Crippen LogP contribution in [0, 0.1) is 5.92 Å². The summed E-state index contributed by atoms with van der Waals surface area (Å²) < 4.78 is 0.929. The van der Waals surface area contributed by atoms with Gasteiger partial charge in [-0.15, -0.1) is 0 Å². The van der Waals surface area contributed by atoms with E-state index in [1.54, 1.807) is 12.1 Å². The minimum absolute atomic E-state index is 0.314. The zero-order chi connectivity index (χ0) is 14.7. The van der Waals surface area contributed by atoms with E-state index in [-0.39, 0.29) is 0 Å². The number of carbonyl (C=O) groups is 1. The zero-order valence-corrected chi connectivity index (χ0v) is 13.6. The van der Waals surface area contributed by atoms with E-state index in [0.29, 0.717) is 17.5 Å². The van der Waals surface area contributed by atoms with Crippen molar-refractivity contribution in [1.82, 2.24) is 4.90 Å². The van der Waals surface area contributed by atoms with E-state index in [9.17, 15) is 4.79 Å². The lowest BCUT2D eigenvalue weighted by atomic mass is 9.93. The molecule has 108 valence electrons. The second kappa shape index (κ2) is 6.50. The molecule has 0 saturated carbocycles. The summed E-state index contributed by atoms with van der Waals surface area (Å²) in [5.41, 5.74) is 1.47. The number of rotatable bonds is 2. The quantitative estimate of drug-likeness (QED) is 0.613. The Morgan fingerprint density at radius 1 is 1.35 bits per heavy atom. The van der Waals surface area contributed by atoms with E-state index in [1.165, 1.54) is 0 Å². The van der Waals surface area contributed by atoms with Crippen molar-refractivity contribution in [2.24, 2.45) is 11.1 Å². The largest absolute Gasteiger partial charge is 0.365 e. The number of oxime groups is 1. The zero-order valence-electron chi connectivity index (χ0n) is 12.0. The smallest absolute Gasteiger partial charge is 0.313 e. The number of hydrogen-bond donors (Lipinski definition) is 0. The van der Waals surface area contributed by atoms with Crippen LogP contribution in [-0.2, 0) is 4.84 Å². The highest BCUT2D eigenvalue weighted by Crippen LogP contribution is 2.18. The Labute approximate surface area is 127 Å². The first kappa shape index (κ1) is 15.2. The lowest BCUT2D eigenvalue weighted by molar-refractivity contribution is 0.0508. The van der Waals surface area contributed by atoms with Gasteiger partial charge in [-0.3, -0.25) is 0 Å². The third-order valence-electron chi connectivity index (χ3n) is 3.71. The molecule has 1 aliphatic rings. The number of hydrogen-bond acceptors (Lipinski definition) is 4. The molecule has 0 radical (unpaired) electrons. The standard InChI is InChI=1S/C15H19BrN2O2/c1-10-9-18(3)11(2)8-14(10)17-20-15(19)12-4-6-13(16)7-5-12/h4-7,10-11H,8-9H2,1-3H3. The molecule has 0 aromatic heterocycles. The van der Waals surface area contributed by atoms with Gasteiger partial charge in [-0.1, -0.05) is 28.0 Å². The molecular formula is C15H19BrN2O2. The molecule has 4 nitrogen and oxygen atoms in total. The fraction of sp³-hybridized carbons (Fsp3) is 0.467. The molecule has 2 atom stereocenters. The van der Waals surface area contributed by atoms with Crippen LogP contribution in [0.1, 0.15) is 30.6 Å². The molecule has 0 aliphatic carbocycles. The Kier molecular flexibility index (Phi) is 4.94. The van der Waals surface area contributed by atoms with Gasteiger partial charge in [0.2, 0.25) is 0 Å². The minimum atomic E-state index is -0.413. The predicted octanol–water partition coefficient (Wildman–Crippen LogP) is 3.32. The first-order chi connectivity index (χ1) is 9.47. The molecule has 0 N–H and O–H groups in total. The third kappa shape index (κ3) is 3.67.